The summed E-state index contributed by atoms with van der Waals surface area (Å²) in [5.41, 5.74) is 0. The van der Waals surface area contributed by atoms with Gasteiger partial charge in [-0.2, -0.15) is 0 Å². The maximum Gasteiger partial charge on any atom is 0.469 e. The second-order valence-electron chi connectivity index (χ2n) is 10.7. The average molecular weight is 567 g/mol. The van der Waals surface area contributed by atoms with E-state index in [4.69, 9.17) is 22.0 Å². The number of hydrogen-bond acceptors (Lipinski definition) is 3. The van der Waals surface area contributed by atoms with Crippen LogP contribution in [0.3, 0.4) is 0 Å². The highest BCUT2D eigenvalue weighted by atomic mass is 32.1. The van der Waals surface area contributed by atoms with Crippen molar-refractivity contribution in [1.29, 1.82) is 0 Å². The summed E-state index contributed by atoms with van der Waals surface area (Å²) in [6, 6.07) is 0. The summed E-state index contributed by atoms with van der Waals surface area (Å²) in [4.78, 5) is 17.2. The molecule has 2 N–H and O–H groups in total. The summed E-state index contributed by atoms with van der Waals surface area (Å²) in [6.07, 6.45) is 35.7. The standard InChI is InChI=1S/C29H59O4PS2/c30-34(31,32)33-28-26-24-22-20-18-16-14-12-10-8-6-4-2-1-3-5-7-9-11-13-15-17-19-21-23-25-27-29(35)36/h1-28H2,(H,35,36)(H2,30,31,32). The Morgan fingerprint density at radius 3 is 0.944 bits per heavy atom. The van der Waals surface area contributed by atoms with Crippen LogP contribution >= 0.6 is 32.7 Å². The molecule has 0 saturated heterocycles. The summed E-state index contributed by atoms with van der Waals surface area (Å²) in [5, 5.41) is 0. The van der Waals surface area contributed by atoms with E-state index < -0.39 is 7.82 Å². The van der Waals surface area contributed by atoms with Gasteiger partial charge in [0.1, 0.15) is 0 Å². The number of thiol groups is 1. The van der Waals surface area contributed by atoms with Crippen LogP contribution in [-0.2, 0) is 9.09 Å². The topological polar surface area (TPSA) is 66.8 Å². The Kier molecular flexibility index (Phi) is 29.0. The third kappa shape index (κ3) is 34.6. The van der Waals surface area contributed by atoms with Crippen LogP contribution in [0.25, 0.3) is 0 Å². The average Bonchev–Trinajstić information content (AvgIpc) is 2.82. The molecule has 0 aromatic heterocycles. The summed E-state index contributed by atoms with van der Waals surface area (Å²) < 4.78 is 15.9. The van der Waals surface area contributed by atoms with Crippen LogP contribution in [0.2, 0.25) is 0 Å². The molecule has 0 rings (SSSR count). The van der Waals surface area contributed by atoms with Crippen molar-refractivity contribution in [2.75, 3.05) is 6.61 Å². The molecule has 216 valence electrons. The van der Waals surface area contributed by atoms with Gasteiger partial charge < -0.3 is 9.79 Å². The Bertz CT molecular complexity index is 514. The van der Waals surface area contributed by atoms with Gasteiger partial charge in [0.15, 0.2) is 0 Å². The fraction of sp³-hybridized carbons (Fsp3) is 0.966. The lowest BCUT2D eigenvalue weighted by molar-refractivity contribution is 0.193. The lowest BCUT2D eigenvalue weighted by Gasteiger charge is -2.05. The Labute approximate surface area is 235 Å². The second kappa shape index (κ2) is 28.6. The van der Waals surface area contributed by atoms with E-state index in [1.165, 1.54) is 148 Å². The van der Waals surface area contributed by atoms with E-state index >= 15 is 0 Å². The van der Waals surface area contributed by atoms with Crippen LogP contribution in [0.1, 0.15) is 173 Å². The van der Waals surface area contributed by atoms with E-state index in [1.807, 2.05) is 0 Å². The van der Waals surface area contributed by atoms with Crippen molar-refractivity contribution in [2.24, 2.45) is 0 Å². The quantitative estimate of drug-likeness (QED) is 0.0349. The first kappa shape index (κ1) is 36.5. The number of phosphoric acid groups is 1. The molecular formula is C29H59O4PS2. The van der Waals surface area contributed by atoms with Crippen molar-refractivity contribution in [3.63, 3.8) is 0 Å². The summed E-state index contributed by atoms with van der Waals surface area (Å²) in [6.45, 7) is 0.166. The van der Waals surface area contributed by atoms with E-state index in [0.29, 0.717) is 0 Å². The summed E-state index contributed by atoms with van der Waals surface area (Å²) in [7, 11) is -4.27. The van der Waals surface area contributed by atoms with E-state index in [2.05, 4.69) is 17.2 Å². The van der Waals surface area contributed by atoms with Gasteiger partial charge in [-0.05, 0) is 19.3 Å². The number of hydrogen-bond donors (Lipinski definition) is 3. The molecule has 4 nitrogen and oxygen atoms in total. The molecule has 0 saturated carbocycles. The van der Waals surface area contributed by atoms with Crippen molar-refractivity contribution in [2.45, 2.75) is 173 Å². The van der Waals surface area contributed by atoms with E-state index in [-0.39, 0.29) is 6.61 Å². The zero-order valence-electron chi connectivity index (χ0n) is 23.3. The molecule has 0 atom stereocenters. The van der Waals surface area contributed by atoms with Gasteiger partial charge in [-0.25, -0.2) is 4.57 Å². The molecule has 0 heterocycles. The smallest absolute Gasteiger partial charge is 0.303 e. The fourth-order valence-corrected chi connectivity index (χ4v) is 5.47. The predicted octanol–water partition coefficient (Wildman–Crippen LogP) is 10.9. The Morgan fingerprint density at radius 2 is 0.722 bits per heavy atom. The molecule has 0 aromatic rings. The van der Waals surface area contributed by atoms with Crippen molar-refractivity contribution in [3.8, 4) is 0 Å². The normalized spacial score (nSPS) is 11.9. The van der Waals surface area contributed by atoms with Gasteiger partial charge in [-0.15, -0.1) is 12.6 Å². The van der Waals surface area contributed by atoms with Crippen LogP contribution in [0.15, 0.2) is 0 Å². The zero-order chi connectivity index (χ0) is 26.6. The molecule has 0 spiro atoms. The first-order chi connectivity index (χ1) is 17.4. The molecule has 0 aromatic carbocycles. The van der Waals surface area contributed by atoms with Gasteiger partial charge in [0, 0.05) is 4.20 Å². The Balaban J connectivity index is 3.05. The molecule has 0 aliphatic heterocycles. The SMILES string of the molecule is O=P(O)(O)OCCCCCCCCCCCCCCCCCCCCCCCCCCCCC(=S)S. The number of unbranched alkanes of at least 4 members (excludes halogenated alkanes) is 25. The lowest BCUT2D eigenvalue weighted by atomic mass is 10.0. The van der Waals surface area contributed by atoms with Gasteiger partial charge in [-0.3, -0.25) is 4.52 Å². The minimum atomic E-state index is -4.27. The molecular weight excluding hydrogens is 507 g/mol. The minimum absolute atomic E-state index is 0.166. The minimum Gasteiger partial charge on any atom is -0.303 e. The van der Waals surface area contributed by atoms with Crippen LogP contribution < -0.4 is 0 Å². The van der Waals surface area contributed by atoms with Crippen LogP contribution in [-0.4, -0.2) is 20.6 Å². The fourth-order valence-electron chi connectivity index (χ4n) is 4.80. The van der Waals surface area contributed by atoms with Gasteiger partial charge in [-0.1, -0.05) is 166 Å². The van der Waals surface area contributed by atoms with Gasteiger partial charge in [0.05, 0.1) is 6.61 Å². The third-order valence-corrected chi connectivity index (χ3v) is 7.99. The molecule has 36 heavy (non-hydrogen) atoms. The predicted molar refractivity (Wildman–Crippen MR) is 164 cm³/mol. The highest BCUT2D eigenvalue weighted by Gasteiger charge is 2.12. The third-order valence-electron chi connectivity index (χ3n) is 7.04. The molecule has 0 radical (unpaired) electrons. The molecule has 0 aliphatic carbocycles. The summed E-state index contributed by atoms with van der Waals surface area (Å²) in [5.74, 6) is 0. The van der Waals surface area contributed by atoms with E-state index in [1.54, 1.807) is 0 Å². The molecule has 7 heteroatoms. The number of phosphoric ester groups is 1. The molecule has 0 fully saturated rings. The van der Waals surface area contributed by atoms with Crippen LogP contribution in [0.4, 0.5) is 0 Å². The maximum absolute atomic E-state index is 10.6. The first-order valence-corrected chi connectivity index (χ1v) is 17.7. The molecule has 0 aliphatic rings. The van der Waals surface area contributed by atoms with E-state index in [0.717, 1.165) is 29.9 Å². The van der Waals surface area contributed by atoms with Crippen molar-refractivity contribution < 1.29 is 18.9 Å². The lowest BCUT2D eigenvalue weighted by Crippen LogP contribution is -1.92. The second-order valence-corrected chi connectivity index (χ2v) is 13.2. The monoisotopic (exact) mass is 566 g/mol. The first-order valence-electron chi connectivity index (χ1n) is 15.3. The van der Waals surface area contributed by atoms with Crippen molar-refractivity contribution in [1.82, 2.24) is 0 Å². The van der Waals surface area contributed by atoms with Crippen molar-refractivity contribution >= 4 is 36.9 Å². The van der Waals surface area contributed by atoms with Crippen molar-refractivity contribution in [3.05, 3.63) is 0 Å². The molecule has 0 amide bonds. The highest BCUT2D eigenvalue weighted by molar-refractivity contribution is 8.11. The van der Waals surface area contributed by atoms with Gasteiger partial charge in [0.2, 0.25) is 0 Å². The van der Waals surface area contributed by atoms with Gasteiger partial charge >= 0.3 is 7.82 Å². The molecule has 0 bridgehead atoms. The van der Waals surface area contributed by atoms with E-state index in [9.17, 15) is 4.57 Å². The Hall–Kier alpha value is 0.550. The largest absolute Gasteiger partial charge is 0.469 e. The summed E-state index contributed by atoms with van der Waals surface area (Å²) >= 11 is 9.18. The van der Waals surface area contributed by atoms with Crippen LogP contribution in [0.5, 0.6) is 0 Å². The number of rotatable bonds is 30. The Morgan fingerprint density at radius 1 is 0.500 bits per heavy atom. The highest BCUT2D eigenvalue weighted by Crippen LogP contribution is 2.35. The van der Waals surface area contributed by atoms with Gasteiger partial charge in [0.25, 0.3) is 0 Å². The number of thiocarbonyl (C=S) groups is 1. The van der Waals surface area contributed by atoms with Crippen LogP contribution in [0, 0.1) is 0 Å². The molecule has 0 unspecified atom stereocenters. The zero-order valence-corrected chi connectivity index (χ0v) is 25.9. The maximum atomic E-state index is 10.6.